The van der Waals surface area contributed by atoms with Crippen molar-refractivity contribution >= 4 is 31.6 Å². The molecule has 1 fully saturated rings. The van der Waals surface area contributed by atoms with E-state index in [1.165, 1.54) is 24.3 Å². The molecule has 2 aliphatic rings. The van der Waals surface area contributed by atoms with E-state index in [1.807, 2.05) is 0 Å². The van der Waals surface area contributed by atoms with Gasteiger partial charge >= 0.3 is 5.97 Å². The van der Waals surface area contributed by atoms with Crippen LogP contribution in [0.3, 0.4) is 0 Å². The molecule has 0 aliphatic carbocycles. The van der Waals surface area contributed by atoms with Crippen LogP contribution in [0.4, 0.5) is 0 Å². The number of amides is 1. The summed E-state index contributed by atoms with van der Waals surface area (Å²) >= 11 is 0. The maximum Gasteiger partial charge on any atom is 0.355 e. The largest absolute Gasteiger partial charge is 0.464 e. The van der Waals surface area contributed by atoms with Crippen molar-refractivity contribution in [1.82, 2.24) is 4.90 Å². The molecule has 2 aliphatic heterocycles. The minimum absolute atomic E-state index is 0.193. The fourth-order valence-electron chi connectivity index (χ4n) is 2.97. The number of ether oxygens (including phenoxy) is 2. The smallest absolute Gasteiger partial charge is 0.355 e. The predicted octanol–water partition coefficient (Wildman–Crippen LogP) is -0.543. The first-order valence-electron chi connectivity index (χ1n) is 7.36. The van der Waals surface area contributed by atoms with Crippen molar-refractivity contribution in [2.75, 3.05) is 20.0 Å². The van der Waals surface area contributed by atoms with E-state index in [9.17, 15) is 26.4 Å². The quantitative estimate of drug-likeness (QED) is 0.487. The summed E-state index contributed by atoms with van der Waals surface area (Å²) in [4.78, 5) is 24.2. The molecule has 0 N–H and O–H groups in total. The summed E-state index contributed by atoms with van der Waals surface area (Å²) in [5.74, 6) is -2.85. The SMILES string of the molecule is COC(=O)C1=C(S(=O)(=O)c2ccccc2)CS(=O)(=O)C2[C@H](OC)C(=O)N12. The highest BCUT2D eigenvalue weighted by Crippen LogP contribution is 2.40. The van der Waals surface area contributed by atoms with E-state index in [0.29, 0.717) is 4.90 Å². The summed E-state index contributed by atoms with van der Waals surface area (Å²) in [6.45, 7) is 0. The first kappa shape index (κ1) is 18.5. The number of β-lactam (4-membered cyclic amide) rings is 1. The molecule has 0 saturated carbocycles. The van der Waals surface area contributed by atoms with Crippen molar-refractivity contribution in [2.24, 2.45) is 0 Å². The van der Waals surface area contributed by atoms with Gasteiger partial charge in [-0.1, -0.05) is 18.2 Å². The highest BCUT2D eigenvalue weighted by molar-refractivity contribution is 7.98. The van der Waals surface area contributed by atoms with Crippen LogP contribution in [-0.4, -0.2) is 65.1 Å². The number of hydrogen-bond donors (Lipinski definition) is 0. The van der Waals surface area contributed by atoms with Crippen LogP contribution in [-0.2, 0) is 38.7 Å². The minimum atomic E-state index is -4.34. The predicted molar refractivity (Wildman–Crippen MR) is 87.9 cm³/mol. The molecule has 26 heavy (non-hydrogen) atoms. The lowest BCUT2D eigenvalue weighted by atomic mass is 10.1. The molecule has 3 rings (SSSR count). The highest BCUT2D eigenvalue weighted by Gasteiger charge is 2.62. The summed E-state index contributed by atoms with van der Waals surface area (Å²) in [5, 5.41) is -1.45. The Morgan fingerprint density at radius 3 is 2.35 bits per heavy atom. The van der Waals surface area contributed by atoms with Crippen molar-refractivity contribution in [3.8, 4) is 0 Å². The zero-order chi connectivity index (χ0) is 19.3. The number of hydrogen-bond acceptors (Lipinski definition) is 8. The Kier molecular flexibility index (Phi) is 4.41. The number of rotatable bonds is 4. The van der Waals surface area contributed by atoms with Gasteiger partial charge in [0, 0.05) is 7.11 Å². The Bertz CT molecular complexity index is 1010. The summed E-state index contributed by atoms with van der Waals surface area (Å²) < 4.78 is 60.5. The lowest BCUT2D eigenvalue weighted by Crippen LogP contribution is -2.70. The average molecular weight is 401 g/mol. The monoisotopic (exact) mass is 401 g/mol. The Labute approximate surface area is 150 Å². The van der Waals surface area contributed by atoms with Gasteiger partial charge in [0.2, 0.25) is 9.84 Å². The fourth-order valence-corrected chi connectivity index (χ4v) is 7.12. The molecule has 9 nitrogen and oxygen atoms in total. The van der Waals surface area contributed by atoms with Crippen molar-refractivity contribution in [1.29, 1.82) is 0 Å². The third-order valence-electron chi connectivity index (χ3n) is 4.21. The summed E-state index contributed by atoms with van der Waals surface area (Å²) in [6.07, 6.45) is -1.29. The number of sulfone groups is 2. The normalized spacial score (nSPS) is 24.7. The van der Waals surface area contributed by atoms with Gasteiger partial charge in [0.25, 0.3) is 5.91 Å². The first-order valence-corrected chi connectivity index (χ1v) is 10.6. The maximum absolute atomic E-state index is 12.9. The Balaban J connectivity index is 2.27. The van der Waals surface area contributed by atoms with Crippen molar-refractivity contribution in [2.45, 2.75) is 16.4 Å². The molecule has 1 unspecified atom stereocenters. The molecule has 0 spiro atoms. The van der Waals surface area contributed by atoms with Gasteiger partial charge in [-0.2, -0.15) is 0 Å². The third-order valence-corrected chi connectivity index (χ3v) is 8.16. The molecule has 1 amide bonds. The van der Waals surface area contributed by atoms with Gasteiger partial charge in [-0.15, -0.1) is 0 Å². The molecule has 1 aromatic rings. The molecule has 1 aromatic carbocycles. The number of fused-ring (bicyclic) bond motifs is 1. The van der Waals surface area contributed by atoms with Gasteiger partial charge < -0.3 is 9.47 Å². The zero-order valence-electron chi connectivity index (χ0n) is 13.8. The van der Waals surface area contributed by atoms with Crippen molar-refractivity contribution < 1.29 is 35.9 Å². The number of benzene rings is 1. The topological polar surface area (TPSA) is 124 Å². The molecule has 0 aromatic heterocycles. The van der Waals surface area contributed by atoms with Crippen LogP contribution in [0.15, 0.2) is 45.8 Å². The number of methoxy groups -OCH3 is 2. The molecule has 0 radical (unpaired) electrons. The second-order valence-electron chi connectivity index (χ2n) is 5.64. The standard InChI is InChI=1S/C15H15NO8S2/c1-23-12-13(17)16-11(15(18)24-2)10(8-25(19,20)14(12)16)26(21,22)9-6-4-3-5-7-9/h3-7,12,14H,8H2,1-2H3/t12-,14?/m1/s1. The van der Waals surface area contributed by atoms with E-state index in [-0.39, 0.29) is 4.90 Å². The van der Waals surface area contributed by atoms with Crippen LogP contribution in [0, 0.1) is 0 Å². The third kappa shape index (κ3) is 2.54. The van der Waals surface area contributed by atoms with Crippen LogP contribution in [0.1, 0.15) is 0 Å². The molecule has 0 bridgehead atoms. The van der Waals surface area contributed by atoms with Crippen LogP contribution in [0.25, 0.3) is 0 Å². The van der Waals surface area contributed by atoms with E-state index in [4.69, 9.17) is 4.74 Å². The lowest BCUT2D eigenvalue weighted by Gasteiger charge is -2.48. The number of esters is 1. The van der Waals surface area contributed by atoms with Gasteiger partial charge in [0.1, 0.15) is 5.70 Å². The molecule has 140 valence electrons. The van der Waals surface area contributed by atoms with Crippen molar-refractivity contribution in [3.63, 3.8) is 0 Å². The van der Waals surface area contributed by atoms with E-state index in [1.54, 1.807) is 6.07 Å². The van der Waals surface area contributed by atoms with Crippen LogP contribution in [0.2, 0.25) is 0 Å². The first-order chi connectivity index (χ1) is 12.2. The molecule has 1 saturated heterocycles. The van der Waals surface area contributed by atoms with Gasteiger partial charge in [-0.3, -0.25) is 9.69 Å². The van der Waals surface area contributed by atoms with Crippen molar-refractivity contribution in [3.05, 3.63) is 40.9 Å². The highest BCUT2D eigenvalue weighted by atomic mass is 32.2. The number of nitrogens with zero attached hydrogens (tertiary/aromatic N) is 1. The summed E-state index contributed by atoms with van der Waals surface area (Å²) in [7, 11) is -6.27. The molecular weight excluding hydrogens is 386 g/mol. The van der Waals surface area contributed by atoms with Crippen LogP contribution >= 0.6 is 0 Å². The molecule has 2 heterocycles. The summed E-state index contributed by atoms with van der Waals surface area (Å²) in [6, 6.07) is 7.05. The Hall–Kier alpha value is -2.24. The van der Waals surface area contributed by atoms with Gasteiger partial charge in [0.15, 0.2) is 21.3 Å². The van der Waals surface area contributed by atoms with E-state index < -0.39 is 59.4 Å². The summed E-state index contributed by atoms with van der Waals surface area (Å²) in [5.41, 5.74) is -0.588. The Morgan fingerprint density at radius 1 is 1.19 bits per heavy atom. The second-order valence-corrected chi connectivity index (χ2v) is 9.71. The molecular formula is C15H15NO8S2. The zero-order valence-corrected chi connectivity index (χ0v) is 15.4. The van der Waals surface area contributed by atoms with E-state index >= 15 is 0 Å². The van der Waals surface area contributed by atoms with Gasteiger partial charge in [-0.05, 0) is 12.1 Å². The fraction of sp³-hybridized carbons (Fsp3) is 0.333. The average Bonchev–Trinajstić information content (AvgIpc) is 2.61. The number of carbonyl (C=O) groups is 2. The van der Waals surface area contributed by atoms with E-state index in [2.05, 4.69) is 4.74 Å². The molecule has 11 heteroatoms. The Morgan fingerprint density at radius 2 is 1.81 bits per heavy atom. The van der Waals surface area contributed by atoms with Crippen LogP contribution in [0.5, 0.6) is 0 Å². The second kappa shape index (κ2) is 6.18. The lowest BCUT2D eigenvalue weighted by molar-refractivity contribution is -0.163. The molecule has 2 atom stereocenters. The minimum Gasteiger partial charge on any atom is -0.464 e. The number of carbonyl (C=O) groups excluding carboxylic acids is 2. The van der Waals surface area contributed by atoms with E-state index in [0.717, 1.165) is 14.2 Å². The van der Waals surface area contributed by atoms with Crippen LogP contribution < -0.4 is 0 Å². The van der Waals surface area contributed by atoms with Gasteiger partial charge in [0.05, 0.1) is 22.7 Å². The van der Waals surface area contributed by atoms with Gasteiger partial charge in [-0.25, -0.2) is 21.6 Å². The maximum atomic E-state index is 12.9.